The molecule has 0 bridgehead atoms. The van der Waals surface area contributed by atoms with Crippen LogP contribution < -0.4 is 5.32 Å². The summed E-state index contributed by atoms with van der Waals surface area (Å²) in [7, 11) is 0. The number of nitro groups is 1. The summed E-state index contributed by atoms with van der Waals surface area (Å²) < 4.78 is 43.1. The molecule has 0 aliphatic rings. The van der Waals surface area contributed by atoms with Crippen molar-refractivity contribution >= 4 is 11.4 Å². The molecule has 0 saturated carbocycles. The molecule has 2 aromatic rings. The Hall–Kier alpha value is -2.55. The van der Waals surface area contributed by atoms with Gasteiger partial charge in [-0.05, 0) is 24.3 Å². The molecule has 1 aromatic heterocycles. The minimum absolute atomic E-state index is 0.0362. The van der Waals surface area contributed by atoms with Gasteiger partial charge in [-0.3, -0.25) is 10.1 Å². The van der Waals surface area contributed by atoms with Crippen LogP contribution in [0.4, 0.5) is 24.5 Å². The maximum Gasteiger partial charge on any atom is 0.416 e. The van der Waals surface area contributed by atoms with E-state index in [4.69, 9.17) is 4.42 Å². The standard InChI is InChI=1S/C15H15F3N2O4/c16-15(17,18)11-3-4-13(14(7-11)20(22)23)19-8-10(9-21)6-12-2-1-5-24-12/h1-5,7,10,19,21H,6,8-9H2/t10-/m1/s1. The summed E-state index contributed by atoms with van der Waals surface area (Å²) in [6.07, 6.45) is -2.78. The third-order valence-corrected chi connectivity index (χ3v) is 3.43. The number of nitrogens with zero attached hydrogens (tertiary/aromatic N) is 1. The molecule has 0 amide bonds. The molecule has 0 aliphatic carbocycles. The second-order valence-corrected chi connectivity index (χ2v) is 5.20. The van der Waals surface area contributed by atoms with E-state index in [2.05, 4.69) is 5.32 Å². The predicted octanol–water partition coefficient (Wildman–Crippen LogP) is 3.47. The number of furan rings is 1. The Balaban J connectivity index is 2.12. The Morgan fingerprint density at radius 2 is 2.08 bits per heavy atom. The van der Waals surface area contributed by atoms with Crippen LogP contribution in [0.3, 0.4) is 0 Å². The summed E-state index contributed by atoms with van der Waals surface area (Å²) in [5.74, 6) is 0.329. The Bertz CT molecular complexity index is 687. The molecule has 0 radical (unpaired) electrons. The van der Waals surface area contributed by atoms with Gasteiger partial charge in [0.15, 0.2) is 0 Å². The highest BCUT2D eigenvalue weighted by atomic mass is 19.4. The van der Waals surface area contributed by atoms with Crippen molar-refractivity contribution in [3.63, 3.8) is 0 Å². The van der Waals surface area contributed by atoms with Gasteiger partial charge in [0, 0.05) is 31.6 Å². The van der Waals surface area contributed by atoms with E-state index < -0.39 is 22.4 Å². The molecule has 24 heavy (non-hydrogen) atoms. The number of aliphatic hydroxyl groups excluding tert-OH is 1. The summed E-state index contributed by atoms with van der Waals surface area (Å²) in [4.78, 5) is 10.1. The fraction of sp³-hybridized carbons (Fsp3) is 0.333. The average Bonchev–Trinajstić information content (AvgIpc) is 3.03. The van der Waals surface area contributed by atoms with Crippen LogP contribution in [0.25, 0.3) is 0 Å². The Kier molecular flexibility index (Phi) is 5.45. The van der Waals surface area contributed by atoms with Crippen molar-refractivity contribution in [2.75, 3.05) is 18.5 Å². The van der Waals surface area contributed by atoms with E-state index in [1.807, 2.05) is 0 Å². The van der Waals surface area contributed by atoms with E-state index in [9.17, 15) is 28.4 Å². The maximum atomic E-state index is 12.7. The van der Waals surface area contributed by atoms with Gasteiger partial charge in [0.25, 0.3) is 5.69 Å². The molecule has 6 nitrogen and oxygen atoms in total. The molecule has 0 unspecified atom stereocenters. The van der Waals surface area contributed by atoms with E-state index in [1.165, 1.54) is 6.26 Å². The maximum absolute atomic E-state index is 12.7. The molecule has 1 aromatic carbocycles. The highest BCUT2D eigenvalue weighted by Crippen LogP contribution is 2.35. The van der Waals surface area contributed by atoms with Crippen LogP contribution >= 0.6 is 0 Å². The predicted molar refractivity (Wildman–Crippen MR) is 79.6 cm³/mol. The fourth-order valence-corrected chi connectivity index (χ4v) is 2.18. The SMILES string of the molecule is O=[N+]([O-])c1cc(C(F)(F)F)ccc1NC[C@H](CO)Cc1ccco1. The summed E-state index contributed by atoms with van der Waals surface area (Å²) in [6, 6.07) is 5.70. The van der Waals surface area contributed by atoms with Gasteiger partial charge in [0.05, 0.1) is 16.7 Å². The Morgan fingerprint density at radius 1 is 1.33 bits per heavy atom. The lowest BCUT2D eigenvalue weighted by Gasteiger charge is -2.15. The molecule has 0 spiro atoms. The number of hydrogen-bond donors (Lipinski definition) is 2. The molecule has 1 heterocycles. The van der Waals surface area contributed by atoms with Crippen LogP contribution in [0.5, 0.6) is 0 Å². The number of halogens is 3. The van der Waals surface area contributed by atoms with Crippen LogP contribution in [-0.2, 0) is 12.6 Å². The monoisotopic (exact) mass is 344 g/mol. The first kappa shape index (κ1) is 17.8. The summed E-state index contributed by atoms with van der Waals surface area (Å²) in [5.41, 5.74) is -1.79. The van der Waals surface area contributed by atoms with Crippen molar-refractivity contribution in [1.29, 1.82) is 0 Å². The largest absolute Gasteiger partial charge is 0.469 e. The van der Waals surface area contributed by atoms with Crippen molar-refractivity contribution < 1.29 is 27.6 Å². The zero-order chi connectivity index (χ0) is 17.7. The van der Waals surface area contributed by atoms with Gasteiger partial charge in [-0.1, -0.05) is 0 Å². The van der Waals surface area contributed by atoms with Crippen molar-refractivity contribution in [1.82, 2.24) is 0 Å². The van der Waals surface area contributed by atoms with Gasteiger partial charge >= 0.3 is 6.18 Å². The summed E-state index contributed by atoms with van der Waals surface area (Å²) >= 11 is 0. The molecule has 130 valence electrons. The van der Waals surface area contributed by atoms with Crippen LogP contribution in [-0.4, -0.2) is 23.2 Å². The van der Waals surface area contributed by atoms with Crippen molar-refractivity contribution in [3.05, 3.63) is 58.0 Å². The van der Waals surface area contributed by atoms with E-state index in [0.29, 0.717) is 18.2 Å². The van der Waals surface area contributed by atoms with Gasteiger partial charge in [0.2, 0.25) is 0 Å². The number of nitro benzene ring substituents is 1. The lowest BCUT2D eigenvalue weighted by atomic mass is 10.0. The zero-order valence-corrected chi connectivity index (χ0v) is 12.4. The van der Waals surface area contributed by atoms with E-state index in [1.54, 1.807) is 12.1 Å². The number of aliphatic hydroxyl groups is 1. The molecule has 0 aliphatic heterocycles. The highest BCUT2D eigenvalue weighted by molar-refractivity contribution is 5.63. The first-order valence-corrected chi connectivity index (χ1v) is 7.04. The number of rotatable bonds is 7. The second kappa shape index (κ2) is 7.35. The van der Waals surface area contributed by atoms with E-state index >= 15 is 0 Å². The highest BCUT2D eigenvalue weighted by Gasteiger charge is 2.33. The van der Waals surface area contributed by atoms with E-state index in [-0.39, 0.29) is 24.8 Å². The van der Waals surface area contributed by atoms with Crippen molar-refractivity contribution in [2.45, 2.75) is 12.6 Å². The normalized spacial score (nSPS) is 12.8. The number of alkyl halides is 3. The zero-order valence-electron chi connectivity index (χ0n) is 12.4. The van der Waals surface area contributed by atoms with Crippen molar-refractivity contribution in [3.8, 4) is 0 Å². The molecule has 2 rings (SSSR count). The third-order valence-electron chi connectivity index (χ3n) is 3.43. The molecule has 9 heteroatoms. The van der Waals surface area contributed by atoms with Gasteiger partial charge in [0.1, 0.15) is 11.4 Å². The van der Waals surface area contributed by atoms with Crippen molar-refractivity contribution in [2.24, 2.45) is 5.92 Å². The lowest BCUT2D eigenvalue weighted by Crippen LogP contribution is -2.20. The quantitative estimate of drug-likeness (QED) is 0.593. The first-order chi connectivity index (χ1) is 11.3. The summed E-state index contributed by atoms with van der Waals surface area (Å²) in [6.45, 7) is -0.0640. The van der Waals surface area contributed by atoms with Gasteiger partial charge in [-0.2, -0.15) is 13.2 Å². The fourth-order valence-electron chi connectivity index (χ4n) is 2.18. The molecule has 2 N–H and O–H groups in total. The van der Waals surface area contributed by atoms with Crippen LogP contribution in [0.15, 0.2) is 41.0 Å². The van der Waals surface area contributed by atoms with Crippen LogP contribution in [0, 0.1) is 16.0 Å². The average molecular weight is 344 g/mol. The molecular formula is C15H15F3N2O4. The number of anilines is 1. The van der Waals surface area contributed by atoms with Gasteiger partial charge < -0.3 is 14.8 Å². The summed E-state index contributed by atoms with van der Waals surface area (Å²) in [5, 5.41) is 23.1. The van der Waals surface area contributed by atoms with Gasteiger partial charge in [-0.25, -0.2) is 0 Å². The van der Waals surface area contributed by atoms with Gasteiger partial charge in [-0.15, -0.1) is 0 Å². The smallest absolute Gasteiger partial charge is 0.416 e. The first-order valence-electron chi connectivity index (χ1n) is 7.04. The minimum atomic E-state index is -4.66. The van der Waals surface area contributed by atoms with E-state index in [0.717, 1.165) is 12.1 Å². The lowest BCUT2D eigenvalue weighted by molar-refractivity contribution is -0.384. The minimum Gasteiger partial charge on any atom is -0.469 e. The van der Waals surface area contributed by atoms with Crippen LogP contribution in [0.1, 0.15) is 11.3 Å². The number of nitrogens with one attached hydrogen (secondary N) is 1. The molecular weight excluding hydrogens is 329 g/mol. The Labute approximate surface area is 135 Å². The topological polar surface area (TPSA) is 88.5 Å². The Morgan fingerprint density at radius 3 is 2.62 bits per heavy atom. The number of hydrogen-bond acceptors (Lipinski definition) is 5. The molecule has 0 saturated heterocycles. The second-order valence-electron chi connectivity index (χ2n) is 5.20. The third kappa shape index (κ3) is 4.48. The number of benzene rings is 1. The molecule has 0 fully saturated rings. The molecule has 1 atom stereocenters. The van der Waals surface area contributed by atoms with Crippen LogP contribution in [0.2, 0.25) is 0 Å².